The van der Waals surface area contributed by atoms with E-state index in [2.05, 4.69) is 9.97 Å². The van der Waals surface area contributed by atoms with Gasteiger partial charge in [0.15, 0.2) is 5.82 Å². The fourth-order valence-corrected chi connectivity index (χ4v) is 3.41. The van der Waals surface area contributed by atoms with Gasteiger partial charge in [-0.05, 0) is 30.9 Å². The lowest BCUT2D eigenvalue weighted by molar-refractivity contribution is -0.384. The van der Waals surface area contributed by atoms with Crippen LogP contribution in [0.1, 0.15) is 26.0 Å². The number of nitro groups is 1. The molecule has 1 aromatic carbocycles. The Balaban J connectivity index is 1.96. The lowest BCUT2D eigenvalue weighted by atomic mass is 9.90. The van der Waals surface area contributed by atoms with Crippen LogP contribution in [-0.2, 0) is 11.2 Å². The molecule has 0 amide bonds. The standard InChI is InChI=1S/C19H22N4O4/c1-3-15-9-17(22-10-12(2)8-14(11-22)19(24)25)21-18(20-15)13-4-6-16(7-5-13)23(26)27/h4-7,9,12,14H,3,8,10-11H2,1-2H3,(H,24,25). The van der Waals surface area contributed by atoms with Crippen molar-refractivity contribution < 1.29 is 14.8 Å². The number of hydrogen-bond donors (Lipinski definition) is 1. The first-order valence-electron chi connectivity index (χ1n) is 8.98. The molecule has 2 aromatic rings. The van der Waals surface area contributed by atoms with Crippen molar-refractivity contribution in [2.45, 2.75) is 26.7 Å². The molecule has 1 fully saturated rings. The topological polar surface area (TPSA) is 109 Å². The van der Waals surface area contributed by atoms with Gasteiger partial charge in [0.1, 0.15) is 5.82 Å². The summed E-state index contributed by atoms with van der Waals surface area (Å²) in [5.41, 5.74) is 1.55. The maximum absolute atomic E-state index is 11.5. The average Bonchev–Trinajstić information content (AvgIpc) is 2.67. The maximum atomic E-state index is 11.5. The molecule has 142 valence electrons. The van der Waals surface area contributed by atoms with E-state index >= 15 is 0 Å². The number of nitro benzene ring substituents is 1. The molecule has 2 heterocycles. The van der Waals surface area contributed by atoms with Gasteiger partial charge in [0.05, 0.1) is 10.8 Å². The summed E-state index contributed by atoms with van der Waals surface area (Å²) < 4.78 is 0. The molecule has 0 bridgehead atoms. The zero-order valence-electron chi connectivity index (χ0n) is 15.3. The second-order valence-corrected chi connectivity index (χ2v) is 6.98. The van der Waals surface area contributed by atoms with Gasteiger partial charge < -0.3 is 10.0 Å². The molecule has 27 heavy (non-hydrogen) atoms. The Morgan fingerprint density at radius 1 is 1.30 bits per heavy atom. The summed E-state index contributed by atoms with van der Waals surface area (Å²) >= 11 is 0. The third-order valence-electron chi connectivity index (χ3n) is 4.80. The lowest BCUT2D eigenvalue weighted by Crippen LogP contribution is -2.43. The lowest BCUT2D eigenvalue weighted by Gasteiger charge is -2.35. The number of non-ortho nitro benzene ring substituents is 1. The molecule has 3 rings (SSSR count). The van der Waals surface area contributed by atoms with Gasteiger partial charge >= 0.3 is 5.97 Å². The number of nitrogens with zero attached hydrogens (tertiary/aromatic N) is 4. The molecule has 8 nitrogen and oxygen atoms in total. The molecule has 1 saturated heterocycles. The number of rotatable bonds is 5. The first kappa shape index (κ1) is 18.8. The number of benzene rings is 1. The van der Waals surface area contributed by atoms with Crippen LogP contribution < -0.4 is 4.90 Å². The molecule has 0 spiro atoms. The van der Waals surface area contributed by atoms with Crippen LogP contribution in [0.15, 0.2) is 30.3 Å². The van der Waals surface area contributed by atoms with Crippen LogP contribution in [0.2, 0.25) is 0 Å². The number of anilines is 1. The summed E-state index contributed by atoms with van der Waals surface area (Å²) in [6.07, 6.45) is 1.37. The number of carboxylic acids is 1. The van der Waals surface area contributed by atoms with E-state index in [9.17, 15) is 20.0 Å². The highest BCUT2D eigenvalue weighted by Gasteiger charge is 2.30. The Morgan fingerprint density at radius 3 is 2.59 bits per heavy atom. The Morgan fingerprint density at radius 2 is 2.00 bits per heavy atom. The molecule has 1 aromatic heterocycles. The second-order valence-electron chi connectivity index (χ2n) is 6.98. The monoisotopic (exact) mass is 370 g/mol. The maximum Gasteiger partial charge on any atom is 0.308 e. The summed E-state index contributed by atoms with van der Waals surface area (Å²) in [6, 6.07) is 8.03. The first-order chi connectivity index (χ1) is 12.9. The number of aliphatic carboxylic acids is 1. The fourth-order valence-electron chi connectivity index (χ4n) is 3.41. The normalized spacial score (nSPS) is 19.7. The number of aromatic nitrogens is 2. The molecular formula is C19H22N4O4. The minimum Gasteiger partial charge on any atom is -0.481 e. The predicted molar refractivity (Wildman–Crippen MR) is 101 cm³/mol. The van der Waals surface area contributed by atoms with E-state index in [4.69, 9.17) is 0 Å². The highest BCUT2D eigenvalue weighted by atomic mass is 16.6. The van der Waals surface area contributed by atoms with Crippen molar-refractivity contribution in [2.75, 3.05) is 18.0 Å². The first-order valence-corrected chi connectivity index (χ1v) is 8.98. The number of carbonyl (C=O) groups is 1. The number of aryl methyl sites for hydroxylation is 1. The van der Waals surface area contributed by atoms with E-state index < -0.39 is 16.8 Å². The third kappa shape index (κ3) is 4.21. The van der Waals surface area contributed by atoms with E-state index in [-0.39, 0.29) is 11.6 Å². The molecule has 2 unspecified atom stereocenters. The van der Waals surface area contributed by atoms with Crippen LogP contribution in [0.25, 0.3) is 11.4 Å². The van der Waals surface area contributed by atoms with E-state index in [1.165, 1.54) is 12.1 Å². The van der Waals surface area contributed by atoms with Crippen LogP contribution in [0.5, 0.6) is 0 Å². The molecule has 2 atom stereocenters. The molecule has 0 radical (unpaired) electrons. The van der Waals surface area contributed by atoms with Crippen molar-refractivity contribution in [2.24, 2.45) is 11.8 Å². The van der Waals surface area contributed by atoms with Crippen molar-refractivity contribution >= 4 is 17.5 Å². The van der Waals surface area contributed by atoms with E-state index in [0.717, 1.165) is 12.2 Å². The summed E-state index contributed by atoms with van der Waals surface area (Å²) in [5.74, 6) is 0.239. The third-order valence-corrected chi connectivity index (χ3v) is 4.80. The molecule has 1 N–H and O–H groups in total. The smallest absolute Gasteiger partial charge is 0.308 e. The van der Waals surface area contributed by atoms with Crippen LogP contribution in [0.4, 0.5) is 11.5 Å². The Bertz CT molecular complexity index is 853. The Hall–Kier alpha value is -3.03. The van der Waals surface area contributed by atoms with Crippen molar-refractivity contribution in [3.05, 3.63) is 46.1 Å². The zero-order valence-corrected chi connectivity index (χ0v) is 15.3. The van der Waals surface area contributed by atoms with Gasteiger partial charge in [-0.2, -0.15) is 0 Å². The average molecular weight is 370 g/mol. The van der Waals surface area contributed by atoms with Gasteiger partial charge in [-0.25, -0.2) is 9.97 Å². The SMILES string of the molecule is CCc1cc(N2CC(C)CC(C(=O)O)C2)nc(-c2ccc([N+](=O)[O-])cc2)n1. The molecular weight excluding hydrogens is 348 g/mol. The van der Waals surface area contributed by atoms with Crippen molar-refractivity contribution in [3.63, 3.8) is 0 Å². The highest BCUT2D eigenvalue weighted by Crippen LogP contribution is 2.28. The van der Waals surface area contributed by atoms with E-state index in [0.29, 0.717) is 36.6 Å². The minimum atomic E-state index is -0.785. The van der Waals surface area contributed by atoms with Crippen molar-refractivity contribution in [1.82, 2.24) is 9.97 Å². The van der Waals surface area contributed by atoms with Crippen molar-refractivity contribution in [3.8, 4) is 11.4 Å². The molecule has 0 saturated carbocycles. The van der Waals surface area contributed by atoms with Crippen molar-refractivity contribution in [1.29, 1.82) is 0 Å². The highest BCUT2D eigenvalue weighted by molar-refractivity contribution is 5.71. The summed E-state index contributed by atoms with van der Waals surface area (Å²) in [5, 5.41) is 20.3. The molecule has 1 aliphatic rings. The van der Waals surface area contributed by atoms with Crippen LogP contribution >= 0.6 is 0 Å². The second kappa shape index (κ2) is 7.69. The van der Waals surface area contributed by atoms with Crippen LogP contribution in [0.3, 0.4) is 0 Å². The van der Waals surface area contributed by atoms with Crippen LogP contribution in [0, 0.1) is 22.0 Å². The van der Waals surface area contributed by atoms with Gasteiger partial charge in [0.2, 0.25) is 0 Å². The van der Waals surface area contributed by atoms with Crippen LogP contribution in [-0.4, -0.2) is 39.1 Å². The number of piperidine rings is 1. The largest absolute Gasteiger partial charge is 0.481 e. The number of hydrogen-bond acceptors (Lipinski definition) is 6. The van der Waals surface area contributed by atoms with Gasteiger partial charge in [-0.1, -0.05) is 13.8 Å². The summed E-state index contributed by atoms with van der Waals surface area (Å²) in [4.78, 5) is 33.0. The van der Waals surface area contributed by atoms with E-state index in [1.54, 1.807) is 12.1 Å². The zero-order chi connectivity index (χ0) is 19.6. The fraction of sp³-hybridized carbons (Fsp3) is 0.421. The molecule has 0 aliphatic carbocycles. The quantitative estimate of drug-likeness (QED) is 0.636. The molecule has 8 heteroatoms. The Labute approximate surface area is 157 Å². The summed E-state index contributed by atoms with van der Waals surface area (Å²) in [6.45, 7) is 5.19. The number of carboxylic acid groups (broad SMARTS) is 1. The van der Waals surface area contributed by atoms with E-state index in [1.807, 2.05) is 24.8 Å². The van der Waals surface area contributed by atoms with Gasteiger partial charge in [0.25, 0.3) is 5.69 Å². The van der Waals surface area contributed by atoms with Gasteiger partial charge in [-0.3, -0.25) is 14.9 Å². The van der Waals surface area contributed by atoms with Gasteiger partial charge in [0, 0.05) is 42.5 Å². The molecule has 1 aliphatic heterocycles. The predicted octanol–water partition coefficient (Wildman–Crippen LogP) is 3.16. The van der Waals surface area contributed by atoms with Gasteiger partial charge in [-0.15, -0.1) is 0 Å². The summed E-state index contributed by atoms with van der Waals surface area (Å²) in [7, 11) is 0. The minimum absolute atomic E-state index is 0.0137. The Kier molecular flexibility index (Phi) is 5.34.